The van der Waals surface area contributed by atoms with Crippen LogP contribution in [0.2, 0.25) is 0 Å². The van der Waals surface area contributed by atoms with Crippen molar-refractivity contribution in [1.82, 2.24) is 19.8 Å². The molecule has 0 amide bonds. The molecular weight excluding hydrogens is 227 g/mol. The van der Waals surface area contributed by atoms with E-state index >= 15 is 0 Å². The number of nitro groups is 1. The van der Waals surface area contributed by atoms with E-state index in [0.717, 1.165) is 4.52 Å². The van der Waals surface area contributed by atoms with Gasteiger partial charge < -0.3 is 10.1 Å². The molecular formula is C6H2N6NaO3. The number of H-pyrrole nitrogens is 1. The fraction of sp³-hybridized carbons (Fsp3) is 0. The van der Waals surface area contributed by atoms with E-state index in [0.29, 0.717) is 0 Å². The zero-order valence-electron chi connectivity index (χ0n) is 8.04. The number of rotatable bonds is 1. The summed E-state index contributed by atoms with van der Waals surface area (Å²) in [6.07, 6.45) is 1.22. The molecule has 2 aromatic rings. The number of hydrogen-bond acceptors (Lipinski definition) is 6. The third kappa shape index (κ3) is 1.69. The molecule has 9 nitrogen and oxygen atoms in total. The smallest absolute Gasteiger partial charge is 0.358 e. The molecule has 0 unspecified atom stereocenters. The largest absolute Gasteiger partial charge is 0.458 e. The summed E-state index contributed by atoms with van der Waals surface area (Å²) in [5, 5.41) is 27.9. The fourth-order valence-electron chi connectivity index (χ4n) is 1.06. The minimum absolute atomic E-state index is 0. The number of aromatic nitrogens is 4. The summed E-state index contributed by atoms with van der Waals surface area (Å²) < 4.78 is 0.795. The second-order valence-electron chi connectivity index (χ2n) is 2.54. The van der Waals surface area contributed by atoms with E-state index in [4.69, 9.17) is 5.26 Å². The van der Waals surface area contributed by atoms with Crippen LogP contribution in [0.25, 0.3) is 5.65 Å². The van der Waals surface area contributed by atoms with Crippen molar-refractivity contribution in [3.05, 3.63) is 32.2 Å². The molecule has 1 radical (unpaired) electrons. The van der Waals surface area contributed by atoms with Crippen LogP contribution >= 0.6 is 0 Å². The van der Waals surface area contributed by atoms with E-state index in [1.165, 1.54) is 6.20 Å². The van der Waals surface area contributed by atoms with Crippen LogP contribution in [-0.2, 0) is 0 Å². The average molecular weight is 229 g/mol. The summed E-state index contributed by atoms with van der Waals surface area (Å²) in [5.41, 5.74) is -0.894. The minimum Gasteiger partial charge on any atom is -0.358 e. The quantitative estimate of drug-likeness (QED) is 0.372. The van der Waals surface area contributed by atoms with Gasteiger partial charge in [-0.1, -0.05) is 0 Å². The Hall–Kier alpha value is -1.76. The van der Waals surface area contributed by atoms with Crippen molar-refractivity contribution >= 4 is 41.0 Å². The minimum atomic E-state index is -0.952. The molecule has 2 heterocycles. The predicted molar refractivity (Wildman–Crippen MR) is 50.7 cm³/mol. The Labute approximate surface area is 109 Å². The van der Waals surface area contributed by atoms with Crippen molar-refractivity contribution in [2.24, 2.45) is 0 Å². The fourth-order valence-corrected chi connectivity index (χ4v) is 1.06. The molecule has 0 aliphatic carbocycles. The number of nitriles is 1. The second-order valence-corrected chi connectivity index (χ2v) is 2.54. The number of aromatic amines is 1. The first kappa shape index (κ1) is 12.3. The van der Waals surface area contributed by atoms with Crippen molar-refractivity contribution in [3.8, 4) is 6.07 Å². The third-order valence-corrected chi connectivity index (χ3v) is 1.72. The van der Waals surface area contributed by atoms with Crippen LogP contribution in [0.3, 0.4) is 0 Å². The van der Waals surface area contributed by atoms with Gasteiger partial charge in [0.25, 0.3) is 0 Å². The van der Waals surface area contributed by atoms with Gasteiger partial charge in [-0.15, -0.1) is 0 Å². The Morgan fingerprint density at radius 3 is 2.81 bits per heavy atom. The van der Waals surface area contributed by atoms with Gasteiger partial charge >= 0.3 is 11.4 Å². The van der Waals surface area contributed by atoms with Crippen LogP contribution in [0, 0.1) is 21.4 Å². The predicted octanol–water partition coefficient (Wildman–Crippen LogP) is -1.18. The molecule has 1 N–H and O–H groups in total. The van der Waals surface area contributed by atoms with Crippen LogP contribution in [0.15, 0.2) is 11.0 Å². The Morgan fingerprint density at radius 2 is 2.25 bits per heavy atom. The van der Waals surface area contributed by atoms with Gasteiger partial charge in [0.1, 0.15) is 11.6 Å². The summed E-state index contributed by atoms with van der Waals surface area (Å²) in [4.78, 5) is 20.8. The molecule has 0 saturated heterocycles. The normalized spacial score (nSPS) is 9.44. The molecule has 2 rings (SSSR count). The van der Waals surface area contributed by atoms with Gasteiger partial charge in [0.05, 0.1) is 5.10 Å². The maximum Gasteiger partial charge on any atom is 0.458 e. The number of hydrogen-bond donors (Lipinski definition) is 1. The van der Waals surface area contributed by atoms with Crippen molar-refractivity contribution in [2.75, 3.05) is 0 Å². The summed E-state index contributed by atoms with van der Waals surface area (Å²) >= 11 is 0. The Balaban J connectivity index is 0.00000128. The van der Waals surface area contributed by atoms with E-state index in [1.807, 2.05) is 0 Å². The van der Waals surface area contributed by atoms with Crippen molar-refractivity contribution in [1.29, 1.82) is 5.26 Å². The van der Waals surface area contributed by atoms with E-state index in [-0.39, 0.29) is 40.8 Å². The van der Waals surface area contributed by atoms with Crippen molar-refractivity contribution < 1.29 is 4.92 Å². The van der Waals surface area contributed by atoms with Gasteiger partial charge in [-0.25, -0.2) is 0 Å². The third-order valence-electron chi connectivity index (χ3n) is 1.72. The van der Waals surface area contributed by atoms with Crippen LogP contribution in [0.4, 0.5) is 5.82 Å². The molecule has 0 atom stereocenters. The number of nitrogens with one attached hydrogen (secondary N) is 1. The Morgan fingerprint density at radius 1 is 1.56 bits per heavy atom. The van der Waals surface area contributed by atoms with Crippen LogP contribution in [0.1, 0.15) is 5.56 Å². The molecule has 0 spiro atoms. The zero-order chi connectivity index (χ0) is 11.0. The number of nitrogens with zero attached hydrogens (tertiary/aromatic N) is 5. The molecule has 0 aliphatic rings. The SMILES string of the molecule is N#Cc1c[nH]n2c(=O)c([N+](=O)[O-])nnc12.[Na]. The number of fused-ring (bicyclic) bond motifs is 1. The topological polar surface area (TPSA) is 130 Å². The van der Waals surface area contributed by atoms with Crippen molar-refractivity contribution in [2.45, 2.75) is 0 Å². The van der Waals surface area contributed by atoms with E-state index in [9.17, 15) is 14.9 Å². The van der Waals surface area contributed by atoms with Gasteiger partial charge in [-0.2, -0.15) is 9.78 Å². The first-order valence-electron chi connectivity index (χ1n) is 3.66. The monoisotopic (exact) mass is 229 g/mol. The Kier molecular flexibility index (Phi) is 3.38. The molecule has 75 valence electrons. The average Bonchev–Trinajstić information content (AvgIpc) is 2.61. The van der Waals surface area contributed by atoms with E-state index in [2.05, 4.69) is 15.3 Å². The first-order chi connectivity index (χ1) is 7.15. The van der Waals surface area contributed by atoms with Gasteiger partial charge in [0, 0.05) is 35.8 Å². The maximum atomic E-state index is 11.4. The van der Waals surface area contributed by atoms with Gasteiger partial charge in [-0.05, 0) is 10.0 Å². The summed E-state index contributed by atoms with van der Waals surface area (Å²) in [6.45, 7) is 0. The van der Waals surface area contributed by atoms with Crippen LogP contribution < -0.4 is 5.56 Å². The van der Waals surface area contributed by atoms with E-state index < -0.39 is 16.3 Å². The molecule has 0 saturated carbocycles. The molecule has 10 heteroatoms. The summed E-state index contributed by atoms with van der Waals surface area (Å²) in [5.74, 6) is -0.890. The van der Waals surface area contributed by atoms with Gasteiger partial charge in [0.15, 0.2) is 0 Å². The zero-order valence-corrected chi connectivity index (χ0v) is 10.0. The van der Waals surface area contributed by atoms with Crippen LogP contribution in [-0.4, -0.2) is 54.3 Å². The molecule has 0 fully saturated rings. The van der Waals surface area contributed by atoms with Gasteiger partial charge in [-0.3, -0.25) is 9.89 Å². The second kappa shape index (κ2) is 4.40. The molecule has 0 bridgehead atoms. The molecule has 0 aromatic carbocycles. The van der Waals surface area contributed by atoms with Crippen LogP contribution in [0.5, 0.6) is 0 Å². The summed E-state index contributed by atoms with van der Waals surface area (Å²) in [7, 11) is 0. The maximum absolute atomic E-state index is 11.4. The molecule has 0 aliphatic heterocycles. The van der Waals surface area contributed by atoms with Crippen molar-refractivity contribution in [3.63, 3.8) is 0 Å². The standard InChI is InChI=1S/C6H2N6O3.Na/c7-1-3-2-8-11-4(3)9-10-5(6(11)13)12(14)15;/h2,8H;. The molecule has 2 aromatic heterocycles. The summed E-state index contributed by atoms with van der Waals surface area (Å²) in [6, 6.07) is 1.76. The van der Waals surface area contributed by atoms with E-state index in [1.54, 1.807) is 6.07 Å². The molecule has 16 heavy (non-hydrogen) atoms. The Bertz CT molecular complexity index is 652. The first-order valence-corrected chi connectivity index (χ1v) is 3.66. The van der Waals surface area contributed by atoms with Gasteiger partial charge in [0.2, 0.25) is 5.65 Å².